The van der Waals surface area contributed by atoms with Gasteiger partial charge in [0.1, 0.15) is 0 Å². The van der Waals surface area contributed by atoms with Gasteiger partial charge in [0.25, 0.3) is 0 Å². The summed E-state index contributed by atoms with van der Waals surface area (Å²) in [5.41, 5.74) is 2.19. The van der Waals surface area contributed by atoms with Gasteiger partial charge in [0.05, 0.1) is 0 Å². The zero-order valence-electron chi connectivity index (χ0n) is 9.19. The molecule has 16 heavy (non-hydrogen) atoms. The number of aliphatic carboxylic acids is 1. The lowest BCUT2D eigenvalue weighted by atomic mass is 10.00. The molecule has 0 fully saturated rings. The number of rotatable bonds is 5. The van der Waals surface area contributed by atoms with Gasteiger partial charge in [-0.1, -0.05) is 24.8 Å². The Morgan fingerprint density at radius 2 is 1.88 bits per heavy atom. The first-order chi connectivity index (χ1) is 7.50. The fourth-order valence-electron chi connectivity index (χ4n) is 1.36. The molecule has 0 aliphatic rings. The normalized spacial score (nSPS) is 9.81. The number of hydrogen-bond acceptors (Lipinski definition) is 2. The van der Waals surface area contributed by atoms with Crippen LogP contribution in [0.4, 0.5) is 0 Å². The monoisotopic (exact) mass is 218 g/mol. The van der Waals surface area contributed by atoms with E-state index in [-0.39, 0.29) is 12.2 Å². The zero-order valence-corrected chi connectivity index (χ0v) is 9.19. The molecule has 0 atom stereocenters. The molecule has 1 aromatic carbocycles. The van der Waals surface area contributed by atoms with Gasteiger partial charge in [-0.3, -0.25) is 9.59 Å². The van der Waals surface area contributed by atoms with Crippen molar-refractivity contribution in [3.05, 3.63) is 42.0 Å². The van der Waals surface area contributed by atoms with E-state index in [0.29, 0.717) is 12.0 Å². The van der Waals surface area contributed by atoms with Crippen LogP contribution in [-0.4, -0.2) is 16.9 Å². The third kappa shape index (κ3) is 3.35. The topological polar surface area (TPSA) is 54.4 Å². The Kier molecular flexibility index (Phi) is 4.00. The maximum absolute atomic E-state index is 11.2. The SMILES string of the molecule is C=C(CCC(=O)O)c1cccc(C(C)=O)c1. The fraction of sp³-hybridized carbons (Fsp3) is 0.231. The van der Waals surface area contributed by atoms with E-state index in [1.165, 1.54) is 6.92 Å². The number of carboxylic acids is 1. The van der Waals surface area contributed by atoms with Gasteiger partial charge in [-0.15, -0.1) is 0 Å². The van der Waals surface area contributed by atoms with Crippen LogP contribution in [0.2, 0.25) is 0 Å². The zero-order chi connectivity index (χ0) is 12.1. The molecule has 0 unspecified atom stereocenters. The summed E-state index contributed by atoms with van der Waals surface area (Å²) in [6.45, 7) is 5.32. The van der Waals surface area contributed by atoms with Crippen molar-refractivity contribution in [1.29, 1.82) is 0 Å². The second-order valence-electron chi connectivity index (χ2n) is 3.63. The Labute approximate surface area is 94.4 Å². The summed E-state index contributed by atoms with van der Waals surface area (Å²) in [5.74, 6) is -0.850. The number of carboxylic acid groups (broad SMARTS) is 1. The lowest BCUT2D eigenvalue weighted by Crippen LogP contribution is -1.96. The highest BCUT2D eigenvalue weighted by Crippen LogP contribution is 2.19. The standard InChI is InChI=1S/C13H14O3/c1-9(6-7-13(15)16)11-4-3-5-12(8-11)10(2)14/h3-5,8H,1,6-7H2,2H3,(H,15,16). The first-order valence-electron chi connectivity index (χ1n) is 5.01. The quantitative estimate of drug-likeness (QED) is 0.773. The van der Waals surface area contributed by atoms with E-state index in [4.69, 9.17) is 5.11 Å². The van der Waals surface area contributed by atoms with Crippen molar-refractivity contribution >= 4 is 17.3 Å². The molecule has 0 spiro atoms. The lowest BCUT2D eigenvalue weighted by molar-refractivity contribution is -0.136. The van der Waals surface area contributed by atoms with Crippen molar-refractivity contribution in [2.24, 2.45) is 0 Å². The van der Waals surface area contributed by atoms with Gasteiger partial charge < -0.3 is 5.11 Å². The van der Waals surface area contributed by atoms with Crippen LogP contribution in [0, 0.1) is 0 Å². The second kappa shape index (κ2) is 5.26. The van der Waals surface area contributed by atoms with Crippen LogP contribution in [0.3, 0.4) is 0 Å². The van der Waals surface area contributed by atoms with Crippen molar-refractivity contribution in [1.82, 2.24) is 0 Å². The van der Waals surface area contributed by atoms with Gasteiger partial charge in [-0.25, -0.2) is 0 Å². The molecule has 3 nitrogen and oxygen atoms in total. The largest absolute Gasteiger partial charge is 0.481 e. The number of ketones is 1. The molecule has 0 saturated carbocycles. The van der Waals surface area contributed by atoms with Crippen molar-refractivity contribution in [2.75, 3.05) is 0 Å². The van der Waals surface area contributed by atoms with Crippen molar-refractivity contribution in [2.45, 2.75) is 19.8 Å². The average molecular weight is 218 g/mol. The minimum absolute atomic E-state index is 0.00659. The van der Waals surface area contributed by atoms with Gasteiger partial charge in [0.2, 0.25) is 0 Å². The predicted molar refractivity (Wildman–Crippen MR) is 62.4 cm³/mol. The summed E-state index contributed by atoms with van der Waals surface area (Å²) in [6, 6.07) is 7.08. The Hall–Kier alpha value is -1.90. The number of hydrogen-bond donors (Lipinski definition) is 1. The molecule has 3 heteroatoms. The third-order valence-electron chi connectivity index (χ3n) is 2.32. The van der Waals surface area contributed by atoms with Crippen LogP contribution in [0.25, 0.3) is 5.57 Å². The van der Waals surface area contributed by atoms with E-state index in [9.17, 15) is 9.59 Å². The van der Waals surface area contributed by atoms with Gasteiger partial charge in [0.15, 0.2) is 5.78 Å². The predicted octanol–water partition coefficient (Wildman–Crippen LogP) is 2.77. The Morgan fingerprint density at radius 1 is 1.25 bits per heavy atom. The highest BCUT2D eigenvalue weighted by molar-refractivity contribution is 5.94. The molecular weight excluding hydrogens is 204 g/mol. The molecule has 0 aliphatic carbocycles. The number of benzene rings is 1. The first kappa shape index (κ1) is 12.2. The molecule has 1 rings (SSSR count). The average Bonchev–Trinajstić information content (AvgIpc) is 2.26. The van der Waals surface area contributed by atoms with E-state index in [0.717, 1.165) is 11.1 Å². The van der Waals surface area contributed by atoms with Crippen LogP contribution >= 0.6 is 0 Å². The molecule has 0 bridgehead atoms. The van der Waals surface area contributed by atoms with E-state index in [2.05, 4.69) is 6.58 Å². The first-order valence-corrected chi connectivity index (χ1v) is 5.01. The summed E-state index contributed by atoms with van der Waals surface area (Å²) in [7, 11) is 0. The van der Waals surface area contributed by atoms with Gasteiger partial charge in [-0.05, 0) is 30.5 Å². The van der Waals surface area contributed by atoms with E-state index in [1.807, 2.05) is 6.07 Å². The smallest absolute Gasteiger partial charge is 0.303 e. The molecule has 1 N–H and O–H groups in total. The Morgan fingerprint density at radius 3 is 2.44 bits per heavy atom. The second-order valence-corrected chi connectivity index (χ2v) is 3.63. The van der Waals surface area contributed by atoms with E-state index < -0.39 is 5.97 Å². The van der Waals surface area contributed by atoms with Crippen molar-refractivity contribution in [3.8, 4) is 0 Å². The van der Waals surface area contributed by atoms with Gasteiger partial charge in [-0.2, -0.15) is 0 Å². The summed E-state index contributed by atoms with van der Waals surface area (Å²) in [5, 5.41) is 8.56. The summed E-state index contributed by atoms with van der Waals surface area (Å²) in [6.07, 6.45) is 0.458. The maximum atomic E-state index is 11.2. The third-order valence-corrected chi connectivity index (χ3v) is 2.32. The number of carbonyl (C=O) groups is 2. The molecule has 84 valence electrons. The van der Waals surface area contributed by atoms with Crippen LogP contribution in [-0.2, 0) is 4.79 Å². The van der Waals surface area contributed by atoms with Crippen molar-refractivity contribution < 1.29 is 14.7 Å². The molecule has 0 radical (unpaired) electrons. The van der Waals surface area contributed by atoms with Crippen LogP contribution in [0.5, 0.6) is 0 Å². The number of carbonyl (C=O) groups excluding carboxylic acids is 1. The van der Waals surface area contributed by atoms with Crippen LogP contribution < -0.4 is 0 Å². The minimum atomic E-state index is -0.844. The molecule has 0 saturated heterocycles. The Balaban J connectivity index is 2.79. The summed E-state index contributed by atoms with van der Waals surface area (Å²) in [4.78, 5) is 21.6. The van der Waals surface area contributed by atoms with Crippen molar-refractivity contribution in [3.63, 3.8) is 0 Å². The fourth-order valence-corrected chi connectivity index (χ4v) is 1.36. The molecule has 0 heterocycles. The summed E-state index contributed by atoms with van der Waals surface area (Å²) >= 11 is 0. The maximum Gasteiger partial charge on any atom is 0.303 e. The molecule has 1 aromatic rings. The van der Waals surface area contributed by atoms with Gasteiger partial charge in [0, 0.05) is 12.0 Å². The van der Waals surface area contributed by atoms with Crippen LogP contribution in [0.15, 0.2) is 30.8 Å². The van der Waals surface area contributed by atoms with Gasteiger partial charge >= 0.3 is 5.97 Å². The summed E-state index contributed by atoms with van der Waals surface area (Å²) < 4.78 is 0. The molecule has 0 amide bonds. The van der Waals surface area contributed by atoms with Crippen LogP contribution in [0.1, 0.15) is 35.7 Å². The number of Topliss-reactive ketones (excluding diaryl/α,β-unsaturated/α-hetero) is 1. The Bertz CT molecular complexity index is 433. The molecule has 0 aliphatic heterocycles. The highest BCUT2D eigenvalue weighted by atomic mass is 16.4. The highest BCUT2D eigenvalue weighted by Gasteiger charge is 2.05. The number of allylic oxidation sites excluding steroid dienone is 1. The van der Waals surface area contributed by atoms with E-state index in [1.54, 1.807) is 18.2 Å². The van der Waals surface area contributed by atoms with E-state index >= 15 is 0 Å². The molecule has 0 aromatic heterocycles. The minimum Gasteiger partial charge on any atom is -0.481 e. The lowest BCUT2D eigenvalue weighted by Gasteiger charge is -2.05. The molecular formula is C13H14O3.